The molecular formula is C15H23FN2O2S. The highest BCUT2D eigenvalue weighted by atomic mass is 32.2. The summed E-state index contributed by atoms with van der Waals surface area (Å²) >= 11 is 0. The van der Waals surface area contributed by atoms with Gasteiger partial charge in [0.1, 0.15) is 10.7 Å². The quantitative estimate of drug-likeness (QED) is 0.750. The first-order chi connectivity index (χ1) is 10.0. The zero-order valence-electron chi connectivity index (χ0n) is 12.6. The van der Waals surface area contributed by atoms with Crippen molar-refractivity contribution in [2.45, 2.75) is 50.6 Å². The van der Waals surface area contributed by atoms with E-state index in [-0.39, 0.29) is 10.9 Å². The van der Waals surface area contributed by atoms with Gasteiger partial charge in [0.25, 0.3) is 0 Å². The molecule has 0 spiro atoms. The molecule has 1 aliphatic carbocycles. The van der Waals surface area contributed by atoms with Gasteiger partial charge in [0.2, 0.25) is 10.0 Å². The summed E-state index contributed by atoms with van der Waals surface area (Å²) < 4.78 is 40.6. The van der Waals surface area contributed by atoms with Crippen LogP contribution < -0.4 is 5.32 Å². The van der Waals surface area contributed by atoms with E-state index in [1.54, 1.807) is 13.0 Å². The van der Waals surface area contributed by atoms with E-state index in [4.69, 9.17) is 0 Å². The minimum Gasteiger partial charge on any atom is -0.313 e. The van der Waals surface area contributed by atoms with Gasteiger partial charge in [-0.25, -0.2) is 12.8 Å². The van der Waals surface area contributed by atoms with Crippen LogP contribution in [0.5, 0.6) is 0 Å². The lowest BCUT2D eigenvalue weighted by Crippen LogP contribution is -2.33. The number of nitrogens with zero attached hydrogens (tertiary/aromatic N) is 1. The minimum atomic E-state index is -3.72. The zero-order valence-corrected chi connectivity index (χ0v) is 13.4. The first-order valence-corrected chi connectivity index (χ1v) is 8.95. The molecular weight excluding hydrogens is 291 g/mol. The van der Waals surface area contributed by atoms with Crippen molar-refractivity contribution in [2.75, 3.05) is 13.1 Å². The average molecular weight is 314 g/mol. The number of hydrogen-bond acceptors (Lipinski definition) is 3. The molecule has 0 bridgehead atoms. The summed E-state index contributed by atoms with van der Waals surface area (Å²) in [5.41, 5.74) is 0.759. The largest absolute Gasteiger partial charge is 0.313 e. The van der Waals surface area contributed by atoms with Crippen LogP contribution in [0, 0.1) is 5.82 Å². The number of sulfonamides is 1. The second kappa shape index (κ2) is 6.85. The lowest BCUT2D eigenvalue weighted by atomic mass is 10.2. The summed E-state index contributed by atoms with van der Waals surface area (Å²) in [6, 6.07) is 4.43. The summed E-state index contributed by atoms with van der Waals surface area (Å²) in [5, 5.41) is 3.17. The highest BCUT2D eigenvalue weighted by molar-refractivity contribution is 7.89. The van der Waals surface area contributed by atoms with Gasteiger partial charge in [0, 0.05) is 19.1 Å². The molecule has 21 heavy (non-hydrogen) atoms. The molecule has 0 heterocycles. The summed E-state index contributed by atoms with van der Waals surface area (Å²) in [7, 11) is -3.72. The number of nitrogens with one attached hydrogen (secondary N) is 1. The second-order valence-corrected chi connectivity index (χ2v) is 7.24. The molecule has 0 unspecified atom stereocenters. The van der Waals surface area contributed by atoms with Crippen molar-refractivity contribution < 1.29 is 12.8 Å². The maximum Gasteiger partial charge on any atom is 0.246 e. The van der Waals surface area contributed by atoms with Crippen molar-refractivity contribution in [3.63, 3.8) is 0 Å². The van der Waals surface area contributed by atoms with Crippen molar-refractivity contribution in [3.8, 4) is 0 Å². The Hall–Kier alpha value is -0.980. The molecule has 1 aliphatic rings. The second-order valence-electron chi connectivity index (χ2n) is 5.38. The van der Waals surface area contributed by atoms with Gasteiger partial charge in [-0.3, -0.25) is 0 Å². The Balaban J connectivity index is 2.19. The van der Waals surface area contributed by atoms with Gasteiger partial charge in [0.05, 0.1) is 0 Å². The Morgan fingerprint density at radius 3 is 2.57 bits per heavy atom. The maximum atomic E-state index is 14.2. The van der Waals surface area contributed by atoms with Crippen LogP contribution in [-0.2, 0) is 16.6 Å². The fourth-order valence-corrected chi connectivity index (χ4v) is 4.13. The van der Waals surface area contributed by atoms with E-state index in [0.717, 1.165) is 31.4 Å². The Labute approximate surface area is 126 Å². The number of halogens is 1. The summed E-state index contributed by atoms with van der Waals surface area (Å²) in [5.74, 6) is -0.662. The van der Waals surface area contributed by atoms with Crippen LogP contribution in [0.25, 0.3) is 0 Å². The molecule has 0 atom stereocenters. The fraction of sp³-hybridized carbons (Fsp3) is 0.600. The molecule has 1 N–H and O–H groups in total. The average Bonchev–Trinajstić information content (AvgIpc) is 3.24. The molecule has 118 valence electrons. The van der Waals surface area contributed by atoms with Gasteiger partial charge < -0.3 is 5.32 Å². The Morgan fingerprint density at radius 1 is 1.33 bits per heavy atom. The van der Waals surface area contributed by atoms with Crippen LogP contribution in [0.4, 0.5) is 4.39 Å². The van der Waals surface area contributed by atoms with Gasteiger partial charge in [-0.2, -0.15) is 4.31 Å². The van der Waals surface area contributed by atoms with Gasteiger partial charge in [0.15, 0.2) is 0 Å². The van der Waals surface area contributed by atoms with Crippen molar-refractivity contribution in [1.82, 2.24) is 9.62 Å². The standard InChI is InChI=1S/C15H23FN2O2S/c1-3-9-17-11-12-5-8-15(14(16)10-12)21(19,20)18(4-2)13-6-7-13/h5,8,10,13,17H,3-4,6-7,9,11H2,1-2H3. The summed E-state index contributed by atoms with van der Waals surface area (Å²) in [6.07, 6.45) is 2.74. The molecule has 0 aliphatic heterocycles. The number of benzene rings is 1. The molecule has 1 fully saturated rings. The first-order valence-electron chi connectivity index (χ1n) is 7.51. The lowest BCUT2D eigenvalue weighted by Gasteiger charge is -2.20. The third-order valence-electron chi connectivity index (χ3n) is 3.60. The molecule has 1 aromatic rings. The highest BCUT2D eigenvalue weighted by Gasteiger charge is 2.38. The van der Waals surface area contributed by atoms with Crippen LogP contribution >= 0.6 is 0 Å². The minimum absolute atomic E-state index is 0.0466. The van der Waals surface area contributed by atoms with E-state index in [2.05, 4.69) is 12.2 Å². The molecule has 4 nitrogen and oxygen atoms in total. The van der Waals surface area contributed by atoms with Crippen LogP contribution in [0.3, 0.4) is 0 Å². The van der Waals surface area contributed by atoms with Gasteiger partial charge in [-0.05, 0) is 43.5 Å². The van der Waals surface area contributed by atoms with Gasteiger partial charge in [-0.1, -0.05) is 19.9 Å². The van der Waals surface area contributed by atoms with Crippen LogP contribution in [0.2, 0.25) is 0 Å². The molecule has 0 aromatic heterocycles. The maximum absolute atomic E-state index is 14.2. The van der Waals surface area contributed by atoms with E-state index in [1.807, 2.05) is 0 Å². The molecule has 1 aromatic carbocycles. The van der Waals surface area contributed by atoms with E-state index in [1.165, 1.54) is 16.4 Å². The van der Waals surface area contributed by atoms with Crippen molar-refractivity contribution in [1.29, 1.82) is 0 Å². The Bertz CT molecular complexity index is 585. The van der Waals surface area contributed by atoms with Crippen LogP contribution in [0.1, 0.15) is 38.7 Å². The van der Waals surface area contributed by atoms with E-state index >= 15 is 0 Å². The van der Waals surface area contributed by atoms with E-state index in [9.17, 15) is 12.8 Å². The molecule has 1 saturated carbocycles. The Morgan fingerprint density at radius 2 is 2.05 bits per heavy atom. The third kappa shape index (κ3) is 3.81. The molecule has 0 amide bonds. The predicted octanol–water partition coefficient (Wildman–Crippen LogP) is 2.50. The van der Waals surface area contributed by atoms with Gasteiger partial charge in [-0.15, -0.1) is 0 Å². The van der Waals surface area contributed by atoms with E-state index < -0.39 is 15.8 Å². The summed E-state index contributed by atoms with van der Waals surface area (Å²) in [6.45, 7) is 5.63. The number of rotatable bonds is 8. The van der Waals surface area contributed by atoms with Crippen molar-refractivity contribution in [3.05, 3.63) is 29.6 Å². The highest BCUT2D eigenvalue weighted by Crippen LogP contribution is 2.32. The van der Waals surface area contributed by atoms with Gasteiger partial charge >= 0.3 is 0 Å². The molecule has 2 rings (SSSR count). The third-order valence-corrected chi connectivity index (χ3v) is 5.67. The normalized spacial score (nSPS) is 15.6. The smallest absolute Gasteiger partial charge is 0.246 e. The monoisotopic (exact) mass is 314 g/mol. The first kappa shape index (κ1) is 16.4. The molecule has 6 heteroatoms. The van der Waals surface area contributed by atoms with Crippen molar-refractivity contribution in [2.24, 2.45) is 0 Å². The zero-order chi connectivity index (χ0) is 15.5. The SMILES string of the molecule is CCCNCc1ccc(S(=O)(=O)N(CC)C2CC2)c(F)c1. The molecule has 0 saturated heterocycles. The van der Waals surface area contributed by atoms with E-state index in [0.29, 0.717) is 13.1 Å². The topological polar surface area (TPSA) is 49.4 Å². The molecule has 0 radical (unpaired) electrons. The Kier molecular flexibility index (Phi) is 5.35. The lowest BCUT2D eigenvalue weighted by molar-refractivity contribution is 0.417. The predicted molar refractivity (Wildman–Crippen MR) is 81.0 cm³/mol. The van der Waals surface area contributed by atoms with Crippen LogP contribution in [0.15, 0.2) is 23.1 Å². The summed E-state index contributed by atoms with van der Waals surface area (Å²) in [4.78, 5) is -0.213. The number of hydrogen-bond donors (Lipinski definition) is 1. The van der Waals surface area contributed by atoms with Crippen LogP contribution in [-0.4, -0.2) is 31.9 Å². The van der Waals surface area contributed by atoms with Crippen molar-refractivity contribution >= 4 is 10.0 Å². The fourth-order valence-electron chi connectivity index (χ4n) is 2.39.